The molecule has 1 saturated heterocycles. The van der Waals surface area contributed by atoms with Crippen LogP contribution in [0.5, 0.6) is 5.75 Å². The van der Waals surface area contributed by atoms with Gasteiger partial charge < -0.3 is 14.2 Å². The summed E-state index contributed by atoms with van der Waals surface area (Å²) < 4.78 is 15.2. The Bertz CT molecular complexity index is 523. The first-order valence-electron chi connectivity index (χ1n) is 5.53. The summed E-state index contributed by atoms with van der Waals surface area (Å²) in [5.74, 6) is -2.72. The molecule has 0 aromatic heterocycles. The topological polar surface area (TPSA) is 73.9 Å². The zero-order valence-electron chi connectivity index (χ0n) is 9.69. The second-order valence-corrected chi connectivity index (χ2v) is 4.10. The zero-order chi connectivity index (χ0) is 12.8. The van der Waals surface area contributed by atoms with Gasteiger partial charge in [-0.05, 0) is 30.2 Å². The van der Waals surface area contributed by atoms with E-state index >= 15 is 0 Å². The number of methoxy groups -OCH3 is 1. The van der Waals surface area contributed by atoms with Gasteiger partial charge in [0.25, 0.3) is 0 Å². The SMILES string of the molecule is COc1ccc2c(c1)CCNC21OC(=O)C(=O)O1. The van der Waals surface area contributed by atoms with Crippen molar-refractivity contribution in [3.8, 4) is 5.75 Å². The van der Waals surface area contributed by atoms with Gasteiger partial charge in [-0.3, -0.25) is 0 Å². The molecule has 1 spiro atoms. The molecule has 0 radical (unpaired) electrons. The molecule has 0 unspecified atom stereocenters. The maximum atomic E-state index is 11.2. The van der Waals surface area contributed by atoms with E-state index in [1.165, 1.54) is 0 Å². The average molecular weight is 249 g/mol. The minimum Gasteiger partial charge on any atom is -0.497 e. The van der Waals surface area contributed by atoms with E-state index in [9.17, 15) is 9.59 Å². The summed E-state index contributed by atoms with van der Waals surface area (Å²) in [6, 6.07) is 5.30. The van der Waals surface area contributed by atoms with Crippen LogP contribution < -0.4 is 10.1 Å². The van der Waals surface area contributed by atoms with Crippen molar-refractivity contribution in [1.82, 2.24) is 5.32 Å². The van der Waals surface area contributed by atoms with Gasteiger partial charge in [-0.25, -0.2) is 14.9 Å². The van der Waals surface area contributed by atoms with Crippen molar-refractivity contribution in [2.24, 2.45) is 0 Å². The van der Waals surface area contributed by atoms with E-state index in [2.05, 4.69) is 5.32 Å². The number of esters is 2. The van der Waals surface area contributed by atoms with Crippen LogP contribution in [0, 0.1) is 0 Å². The quantitative estimate of drug-likeness (QED) is 0.560. The van der Waals surface area contributed by atoms with Gasteiger partial charge in [0.1, 0.15) is 5.75 Å². The summed E-state index contributed by atoms with van der Waals surface area (Å²) in [6.07, 6.45) is 0.739. The summed E-state index contributed by atoms with van der Waals surface area (Å²) in [4.78, 5) is 22.4. The molecule has 0 amide bonds. The van der Waals surface area contributed by atoms with Crippen LogP contribution in [0.1, 0.15) is 11.1 Å². The van der Waals surface area contributed by atoms with Gasteiger partial charge in [0.05, 0.1) is 12.7 Å². The summed E-state index contributed by atoms with van der Waals surface area (Å²) >= 11 is 0. The minimum absolute atomic E-state index is 0.542. The first-order chi connectivity index (χ1) is 8.64. The summed E-state index contributed by atoms with van der Waals surface area (Å²) in [5.41, 5.74) is 1.56. The first kappa shape index (κ1) is 11.0. The molecule has 6 nitrogen and oxygen atoms in total. The molecule has 0 bridgehead atoms. The van der Waals surface area contributed by atoms with E-state index in [0.717, 1.165) is 12.0 Å². The van der Waals surface area contributed by atoms with Crippen molar-refractivity contribution in [1.29, 1.82) is 0 Å². The second kappa shape index (κ2) is 3.71. The average Bonchev–Trinajstić information content (AvgIpc) is 2.65. The number of nitrogens with one attached hydrogen (secondary N) is 1. The predicted molar refractivity (Wildman–Crippen MR) is 58.6 cm³/mol. The van der Waals surface area contributed by atoms with Crippen LogP contribution in [0.15, 0.2) is 18.2 Å². The lowest BCUT2D eigenvalue weighted by Gasteiger charge is -2.32. The molecule has 1 aromatic carbocycles. The fraction of sp³-hybridized carbons (Fsp3) is 0.333. The molecule has 0 atom stereocenters. The smallest absolute Gasteiger partial charge is 0.422 e. The number of rotatable bonds is 1. The number of benzene rings is 1. The molecule has 2 aliphatic rings. The highest BCUT2D eigenvalue weighted by atomic mass is 16.8. The lowest BCUT2D eigenvalue weighted by Crippen LogP contribution is -2.48. The largest absolute Gasteiger partial charge is 0.497 e. The molecule has 1 fully saturated rings. The van der Waals surface area contributed by atoms with Crippen molar-refractivity contribution < 1.29 is 23.8 Å². The van der Waals surface area contributed by atoms with Gasteiger partial charge in [0, 0.05) is 6.54 Å². The molecule has 6 heteroatoms. The Balaban J connectivity index is 2.07. The van der Waals surface area contributed by atoms with E-state index in [0.29, 0.717) is 17.9 Å². The van der Waals surface area contributed by atoms with Gasteiger partial charge in [0.2, 0.25) is 0 Å². The third-order valence-corrected chi connectivity index (χ3v) is 3.06. The van der Waals surface area contributed by atoms with Gasteiger partial charge in [-0.15, -0.1) is 0 Å². The van der Waals surface area contributed by atoms with Crippen molar-refractivity contribution in [2.75, 3.05) is 13.7 Å². The van der Waals surface area contributed by atoms with Crippen LogP contribution in [0.2, 0.25) is 0 Å². The van der Waals surface area contributed by atoms with Crippen molar-refractivity contribution in [3.05, 3.63) is 29.3 Å². The van der Waals surface area contributed by atoms with E-state index in [1.807, 2.05) is 6.07 Å². The fourth-order valence-electron chi connectivity index (χ4n) is 2.23. The van der Waals surface area contributed by atoms with Crippen LogP contribution in [-0.4, -0.2) is 25.6 Å². The van der Waals surface area contributed by atoms with Crippen LogP contribution >= 0.6 is 0 Å². The summed E-state index contributed by atoms with van der Waals surface area (Å²) in [6.45, 7) is 0.542. The van der Waals surface area contributed by atoms with Crippen LogP contribution in [0.25, 0.3) is 0 Å². The maximum Gasteiger partial charge on any atom is 0.422 e. The monoisotopic (exact) mass is 249 g/mol. The van der Waals surface area contributed by atoms with Gasteiger partial charge >= 0.3 is 17.8 Å². The molecule has 1 N–H and O–H groups in total. The highest BCUT2D eigenvalue weighted by Gasteiger charge is 2.52. The Morgan fingerprint density at radius 3 is 2.67 bits per heavy atom. The number of hydrogen-bond acceptors (Lipinski definition) is 6. The number of fused-ring (bicyclic) bond motifs is 2. The van der Waals surface area contributed by atoms with Crippen LogP contribution in [0.4, 0.5) is 0 Å². The third-order valence-electron chi connectivity index (χ3n) is 3.06. The third kappa shape index (κ3) is 1.46. The highest BCUT2D eigenvalue weighted by molar-refractivity contribution is 6.31. The van der Waals surface area contributed by atoms with E-state index < -0.39 is 17.8 Å². The van der Waals surface area contributed by atoms with E-state index in [4.69, 9.17) is 14.2 Å². The normalized spacial score (nSPS) is 20.3. The highest BCUT2D eigenvalue weighted by Crippen LogP contribution is 2.36. The molecule has 1 aromatic rings. The summed E-state index contributed by atoms with van der Waals surface area (Å²) in [7, 11) is 1.58. The standard InChI is InChI=1S/C12H11NO5/c1-16-8-2-3-9-7(6-8)4-5-13-12(9)17-10(14)11(15)18-12/h2-3,6,13H,4-5H2,1H3. The Morgan fingerprint density at radius 1 is 1.28 bits per heavy atom. The Morgan fingerprint density at radius 2 is 2.00 bits per heavy atom. The van der Waals surface area contributed by atoms with E-state index in [1.54, 1.807) is 19.2 Å². The first-order valence-corrected chi connectivity index (χ1v) is 5.53. The number of carbonyl (C=O) groups excluding carboxylic acids is 2. The zero-order valence-corrected chi connectivity index (χ0v) is 9.69. The maximum absolute atomic E-state index is 11.2. The Labute approximate surface area is 103 Å². The van der Waals surface area contributed by atoms with Gasteiger partial charge in [-0.2, -0.15) is 0 Å². The lowest BCUT2D eigenvalue weighted by molar-refractivity contribution is -0.201. The molecule has 0 saturated carbocycles. The van der Waals surface area contributed by atoms with Gasteiger partial charge in [0.15, 0.2) is 0 Å². The van der Waals surface area contributed by atoms with Crippen LogP contribution in [-0.2, 0) is 31.4 Å². The molecule has 3 rings (SSSR count). The van der Waals surface area contributed by atoms with Crippen molar-refractivity contribution >= 4 is 11.9 Å². The number of ether oxygens (including phenoxy) is 3. The Hall–Kier alpha value is -2.08. The molecule has 0 aliphatic carbocycles. The molecular weight excluding hydrogens is 238 g/mol. The second-order valence-electron chi connectivity index (χ2n) is 4.10. The van der Waals surface area contributed by atoms with E-state index in [-0.39, 0.29) is 0 Å². The van der Waals surface area contributed by atoms with Crippen molar-refractivity contribution in [3.63, 3.8) is 0 Å². The fourth-order valence-corrected chi connectivity index (χ4v) is 2.23. The molecule has 2 aliphatic heterocycles. The Kier molecular flexibility index (Phi) is 2.27. The predicted octanol–water partition coefficient (Wildman–Crippen LogP) is 0.0512. The minimum atomic E-state index is -1.46. The molecule has 94 valence electrons. The number of carbonyl (C=O) groups is 2. The lowest BCUT2D eigenvalue weighted by atomic mass is 9.97. The molecule has 18 heavy (non-hydrogen) atoms. The molecule has 2 heterocycles. The van der Waals surface area contributed by atoms with Gasteiger partial charge in [-0.1, -0.05) is 0 Å². The molecular formula is C12H11NO5. The van der Waals surface area contributed by atoms with Crippen LogP contribution in [0.3, 0.4) is 0 Å². The summed E-state index contributed by atoms with van der Waals surface area (Å²) in [5, 5.41) is 2.92. The van der Waals surface area contributed by atoms with Crippen molar-refractivity contribution in [2.45, 2.75) is 12.3 Å². The number of hydrogen-bond donors (Lipinski definition) is 1.